The summed E-state index contributed by atoms with van der Waals surface area (Å²) in [4.78, 5) is 23.2. The Morgan fingerprint density at radius 2 is 2.32 bits per heavy atom. The molecule has 120 valence electrons. The van der Waals surface area contributed by atoms with Crippen LogP contribution in [0.4, 0.5) is 4.39 Å². The maximum absolute atomic E-state index is 12.3. The number of ether oxygens (including phenoxy) is 1. The number of halogens is 2. The lowest BCUT2D eigenvalue weighted by Crippen LogP contribution is -2.45. The molecule has 1 aromatic rings. The number of aromatic nitrogens is 2. The van der Waals surface area contributed by atoms with Gasteiger partial charge in [-0.15, -0.1) is 0 Å². The van der Waals surface area contributed by atoms with Crippen LogP contribution in [0.5, 0.6) is 0 Å². The molecule has 0 saturated carbocycles. The van der Waals surface area contributed by atoms with Crippen molar-refractivity contribution in [3.63, 3.8) is 0 Å². The van der Waals surface area contributed by atoms with Crippen LogP contribution >= 0.6 is 11.6 Å². The first kappa shape index (κ1) is 16.7. The van der Waals surface area contributed by atoms with E-state index in [4.69, 9.17) is 16.3 Å². The van der Waals surface area contributed by atoms with E-state index in [0.717, 1.165) is 16.8 Å². The van der Waals surface area contributed by atoms with Crippen molar-refractivity contribution in [1.29, 1.82) is 0 Å². The first-order valence-corrected chi connectivity index (χ1v) is 6.77. The number of aliphatic hydroxyl groups excluding tert-OH is 2. The Labute approximate surface area is 129 Å². The van der Waals surface area contributed by atoms with Gasteiger partial charge in [0.1, 0.15) is 18.9 Å². The van der Waals surface area contributed by atoms with E-state index in [0.29, 0.717) is 0 Å². The third kappa shape index (κ3) is 2.80. The molecule has 7 nitrogen and oxygen atoms in total. The van der Waals surface area contributed by atoms with Crippen molar-refractivity contribution in [2.75, 3.05) is 6.67 Å². The van der Waals surface area contributed by atoms with Crippen LogP contribution in [0.3, 0.4) is 0 Å². The minimum absolute atomic E-state index is 0.623. The molecule has 1 unspecified atom stereocenters. The van der Waals surface area contributed by atoms with Crippen LogP contribution in [-0.4, -0.2) is 49.6 Å². The SMILES string of the molecule is C[C@@H](O)[C@H]1O[C@@H](n2ccc(=O)[nH]c2=O)C(Cl)(C#CCF)[C@H]1O. The lowest BCUT2D eigenvalue weighted by Gasteiger charge is -2.25. The molecule has 2 heterocycles. The maximum Gasteiger partial charge on any atom is 0.330 e. The summed E-state index contributed by atoms with van der Waals surface area (Å²) >= 11 is 6.27. The van der Waals surface area contributed by atoms with E-state index in [9.17, 15) is 24.2 Å². The molecule has 22 heavy (non-hydrogen) atoms. The van der Waals surface area contributed by atoms with Crippen LogP contribution in [0.2, 0.25) is 0 Å². The molecule has 0 aliphatic carbocycles. The number of rotatable bonds is 2. The number of alkyl halides is 2. The van der Waals surface area contributed by atoms with Crippen molar-refractivity contribution in [2.24, 2.45) is 0 Å². The Hall–Kier alpha value is -1.66. The fraction of sp³-hybridized carbons (Fsp3) is 0.538. The fourth-order valence-corrected chi connectivity index (χ4v) is 2.62. The first-order valence-electron chi connectivity index (χ1n) is 6.39. The van der Waals surface area contributed by atoms with Gasteiger partial charge in [0.25, 0.3) is 5.56 Å². The number of H-pyrrole nitrogens is 1. The van der Waals surface area contributed by atoms with Crippen molar-refractivity contribution < 1.29 is 19.3 Å². The summed E-state index contributed by atoms with van der Waals surface area (Å²) in [6, 6.07) is 1.06. The molecule has 0 spiro atoms. The first-order chi connectivity index (χ1) is 10.3. The predicted octanol–water partition coefficient (Wildman–Crippen LogP) is -0.874. The van der Waals surface area contributed by atoms with Gasteiger partial charge in [-0.05, 0) is 6.92 Å². The van der Waals surface area contributed by atoms with Gasteiger partial charge in [-0.2, -0.15) is 0 Å². The molecule has 1 saturated heterocycles. The van der Waals surface area contributed by atoms with E-state index in [1.54, 1.807) is 0 Å². The number of hydrogen-bond donors (Lipinski definition) is 3. The number of aromatic amines is 1. The molecule has 1 aliphatic heterocycles. The van der Waals surface area contributed by atoms with Crippen LogP contribution in [0.25, 0.3) is 0 Å². The Morgan fingerprint density at radius 1 is 1.64 bits per heavy atom. The van der Waals surface area contributed by atoms with Gasteiger partial charge < -0.3 is 14.9 Å². The predicted molar refractivity (Wildman–Crippen MR) is 75.3 cm³/mol. The van der Waals surface area contributed by atoms with E-state index < -0.39 is 47.3 Å². The molecule has 2 rings (SSSR count). The molecule has 1 aliphatic rings. The Morgan fingerprint density at radius 3 is 2.86 bits per heavy atom. The number of aliphatic hydroxyl groups is 2. The Kier molecular flexibility index (Phi) is 4.72. The summed E-state index contributed by atoms with van der Waals surface area (Å²) in [7, 11) is 0. The molecule has 0 bridgehead atoms. The summed E-state index contributed by atoms with van der Waals surface area (Å²) < 4.78 is 18.7. The summed E-state index contributed by atoms with van der Waals surface area (Å²) in [6.45, 7) is 0.361. The summed E-state index contributed by atoms with van der Waals surface area (Å²) in [5.41, 5.74) is -1.45. The van der Waals surface area contributed by atoms with Crippen LogP contribution < -0.4 is 11.2 Å². The lowest BCUT2D eigenvalue weighted by atomic mass is 9.96. The molecule has 3 N–H and O–H groups in total. The minimum Gasteiger partial charge on any atom is -0.391 e. The highest BCUT2D eigenvalue weighted by Gasteiger charge is 2.57. The largest absolute Gasteiger partial charge is 0.391 e. The van der Waals surface area contributed by atoms with Crippen LogP contribution in [0.1, 0.15) is 13.2 Å². The van der Waals surface area contributed by atoms with Crippen molar-refractivity contribution in [2.45, 2.75) is 36.3 Å². The van der Waals surface area contributed by atoms with Gasteiger partial charge in [0.05, 0.1) is 6.10 Å². The Balaban J connectivity index is 2.55. The average Bonchev–Trinajstić information content (AvgIpc) is 2.70. The molecule has 1 aromatic heterocycles. The Bertz CT molecular complexity index is 721. The summed E-state index contributed by atoms with van der Waals surface area (Å²) in [5.74, 6) is 4.43. The monoisotopic (exact) mass is 332 g/mol. The van der Waals surface area contributed by atoms with Crippen LogP contribution in [-0.2, 0) is 4.74 Å². The van der Waals surface area contributed by atoms with Gasteiger partial charge in [0, 0.05) is 12.3 Å². The fourth-order valence-electron chi connectivity index (χ4n) is 2.27. The number of nitrogens with zero attached hydrogens (tertiary/aromatic N) is 1. The highest BCUT2D eigenvalue weighted by molar-refractivity contribution is 6.27. The van der Waals surface area contributed by atoms with E-state index in [2.05, 4.69) is 11.8 Å². The maximum atomic E-state index is 12.3. The van der Waals surface area contributed by atoms with E-state index in [-0.39, 0.29) is 0 Å². The molecular weight excluding hydrogens is 319 g/mol. The summed E-state index contributed by atoms with van der Waals surface area (Å²) in [5, 5.41) is 19.9. The van der Waals surface area contributed by atoms with Crippen LogP contribution in [0, 0.1) is 11.8 Å². The number of hydrogen-bond acceptors (Lipinski definition) is 5. The van der Waals surface area contributed by atoms with Crippen molar-refractivity contribution in [1.82, 2.24) is 9.55 Å². The zero-order valence-corrected chi connectivity index (χ0v) is 12.2. The zero-order chi connectivity index (χ0) is 16.5. The summed E-state index contributed by atoms with van der Waals surface area (Å²) in [6.07, 6.45) is -3.90. The molecular formula is C13H14ClFN2O5. The molecule has 1 fully saturated rings. The molecule has 0 aromatic carbocycles. The second-order valence-corrected chi connectivity index (χ2v) is 5.48. The number of nitrogens with one attached hydrogen (secondary N) is 1. The third-order valence-electron chi connectivity index (χ3n) is 3.31. The van der Waals surface area contributed by atoms with Crippen molar-refractivity contribution in [3.05, 3.63) is 33.1 Å². The minimum atomic E-state index is -1.85. The molecule has 5 atom stereocenters. The standard InChI is InChI=1S/C13H14ClFN2O5/c1-7(18)9-10(20)13(14,4-2-5-15)11(22-9)17-6-3-8(19)16-12(17)21/h3,6-7,9-11,18,20H,5H2,1H3,(H,16,19,21)/t7-,9-,10+,11-,13?/m1/s1. The highest BCUT2D eigenvalue weighted by atomic mass is 35.5. The van der Waals surface area contributed by atoms with E-state index >= 15 is 0 Å². The topological polar surface area (TPSA) is 105 Å². The molecule has 9 heteroatoms. The van der Waals surface area contributed by atoms with Gasteiger partial charge in [-0.25, -0.2) is 9.18 Å². The normalized spacial score (nSPS) is 32.3. The highest BCUT2D eigenvalue weighted by Crippen LogP contribution is 2.43. The zero-order valence-electron chi connectivity index (χ0n) is 11.5. The van der Waals surface area contributed by atoms with Gasteiger partial charge in [0.15, 0.2) is 11.1 Å². The lowest BCUT2D eigenvalue weighted by molar-refractivity contribution is -0.0773. The van der Waals surface area contributed by atoms with E-state index in [1.165, 1.54) is 6.92 Å². The van der Waals surface area contributed by atoms with Gasteiger partial charge in [0.2, 0.25) is 0 Å². The molecule has 0 radical (unpaired) electrons. The second-order valence-electron chi connectivity index (χ2n) is 4.86. The van der Waals surface area contributed by atoms with Gasteiger partial charge in [-0.3, -0.25) is 14.3 Å². The average molecular weight is 333 g/mol. The van der Waals surface area contributed by atoms with Crippen molar-refractivity contribution in [3.8, 4) is 11.8 Å². The van der Waals surface area contributed by atoms with Crippen LogP contribution in [0.15, 0.2) is 21.9 Å². The quantitative estimate of drug-likeness (QED) is 0.482. The van der Waals surface area contributed by atoms with Gasteiger partial charge in [-0.1, -0.05) is 23.4 Å². The molecule has 0 amide bonds. The van der Waals surface area contributed by atoms with Gasteiger partial charge >= 0.3 is 5.69 Å². The van der Waals surface area contributed by atoms with E-state index in [1.807, 2.05) is 4.98 Å². The third-order valence-corrected chi connectivity index (χ3v) is 3.82. The smallest absolute Gasteiger partial charge is 0.330 e. The van der Waals surface area contributed by atoms with Crippen molar-refractivity contribution >= 4 is 11.6 Å². The second kappa shape index (κ2) is 6.22.